The summed E-state index contributed by atoms with van der Waals surface area (Å²) in [6.07, 6.45) is 4.38. The van der Waals surface area contributed by atoms with Gasteiger partial charge in [0.15, 0.2) is 12.7 Å². The molecule has 0 amide bonds. The maximum absolute atomic E-state index is 5.71. The summed E-state index contributed by atoms with van der Waals surface area (Å²) in [6, 6.07) is 14.4. The van der Waals surface area contributed by atoms with Gasteiger partial charge in [-0.3, -0.25) is 0 Å². The summed E-state index contributed by atoms with van der Waals surface area (Å²) >= 11 is 1.91. The molecule has 0 unspecified atom stereocenters. The molecule has 0 bridgehead atoms. The lowest BCUT2D eigenvalue weighted by molar-refractivity contribution is -0.695. The van der Waals surface area contributed by atoms with Crippen molar-refractivity contribution < 1.29 is 4.57 Å². The second-order valence-electron chi connectivity index (χ2n) is 4.30. The highest BCUT2D eigenvalue weighted by Crippen LogP contribution is 2.30. The van der Waals surface area contributed by atoms with Gasteiger partial charge in [-0.15, -0.1) is 11.8 Å². The lowest BCUT2D eigenvalue weighted by Gasteiger charge is -2.12. The van der Waals surface area contributed by atoms with E-state index in [0.29, 0.717) is 0 Å². The molecule has 0 fully saturated rings. The Morgan fingerprint density at radius 3 is 2.78 bits per heavy atom. The van der Waals surface area contributed by atoms with Gasteiger partial charge < -0.3 is 5.73 Å². The van der Waals surface area contributed by atoms with Gasteiger partial charge in [-0.05, 0) is 29.8 Å². The van der Waals surface area contributed by atoms with Crippen molar-refractivity contribution in [3.63, 3.8) is 0 Å². The molecule has 90 valence electrons. The minimum atomic E-state index is 0.809. The van der Waals surface area contributed by atoms with Gasteiger partial charge in [0.2, 0.25) is 5.69 Å². The lowest BCUT2D eigenvalue weighted by Crippen LogP contribution is -2.40. The van der Waals surface area contributed by atoms with Crippen LogP contribution in [-0.4, -0.2) is 5.75 Å². The topological polar surface area (TPSA) is 29.9 Å². The van der Waals surface area contributed by atoms with Crippen LogP contribution >= 0.6 is 11.8 Å². The molecular weight excluding hydrogens is 240 g/mol. The number of aromatic nitrogens is 1. The molecule has 2 heterocycles. The number of aryl methyl sites for hydroxylation is 1. The predicted octanol–water partition coefficient (Wildman–Crippen LogP) is 2.80. The number of hydrogen-bond acceptors (Lipinski definition) is 2. The number of rotatable bonds is 1. The highest BCUT2D eigenvalue weighted by molar-refractivity contribution is 8.08. The summed E-state index contributed by atoms with van der Waals surface area (Å²) in [5.74, 6) is 1.13. The fraction of sp³-hybridized carbons (Fsp3) is 0.133. The van der Waals surface area contributed by atoms with Crippen LogP contribution in [0, 0.1) is 0 Å². The van der Waals surface area contributed by atoms with E-state index in [-0.39, 0.29) is 0 Å². The number of anilines is 1. The highest BCUT2D eigenvalue weighted by atomic mass is 32.2. The quantitative estimate of drug-likeness (QED) is 0.627. The molecule has 1 aliphatic heterocycles. The van der Waals surface area contributed by atoms with Crippen molar-refractivity contribution >= 4 is 28.4 Å². The van der Waals surface area contributed by atoms with E-state index in [1.807, 2.05) is 23.9 Å². The third-order valence-corrected chi connectivity index (χ3v) is 4.04. The van der Waals surface area contributed by atoms with E-state index >= 15 is 0 Å². The van der Waals surface area contributed by atoms with Crippen molar-refractivity contribution in [3.05, 3.63) is 59.9 Å². The molecule has 2 nitrogen and oxygen atoms in total. The average molecular weight is 255 g/mol. The Balaban J connectivity index is 2.00. The number of thioether (sulfide) groups is 1. The second kappa shape index (κ2) is 4.86. The van der Waals surface area contributed by atoms with E-state index in [4.69, 9.17) is 5.73 Å². The van der Waals surface area contributed by atoms with Gasteiger partial charge in [0, 0.05) is 17.8 Å². The Morgan fingerprint density at radius 1 is 1.11 bits per heavy atom. The number of hydrogen-bond donors (Lipinski definition) is 1. The molecule has 0 atom stereocenters. The van der Waals surface area contributed by atoms with Crippen molar-refractivity contribution in [2.75, 3.05) is 11.5 Å². The molecule has 3 rings (SSSR count). The summed E-state index contributed by atoms with van der Waals surface area (Å²) in [5, 5.41) is 0. The molecule has 0 saturated heterocycles. The lowest BCUT2D eigenvalue weighted by atomic mass is 10.1. The zero-order chi connectivity index (χ0) is 12.4. The van der Waals surface area contributed by atoms with Gasteiger partial charge >= 0.3 is 0 Å². The number of nitrogens with two attached hydrogens (primary N) is 1. The first kappa shape index (κ1) is 11.4. The summed E-state index contributed by atoms with van der Waals surface area (Å²) in [5.41, 5.74) is 9.01. The van der Waals surface area contributed by atoms with Crippen LogP contribution in [0.4, 0.5) is 5.69 Å². The number of nitrogens with zero attached hydrogens (tertiary/aromatic N) is 1. The molecule has 0 spiro atoms. The molecule has 2 aromatic rings. The molecule has 3 heteroatoms. The van der Waals surface area contributed by atoms with Gasteiger partial charge in [-0.2, -0.15) is 4.57 Å². The molecule has 1 aliphatic rings. The van der Waals surface area contributed by atoms with E-state index in [9.17, 15) is 0 Å². The van der Waals surface area contributed by atoms with E-state index in [1.54, 1.807) is 0 Å². The zero-order valence-electron chi connectivity index (χ0n) is 10.0. The van der Waals surface area contributed by atoms with Crippen molar-refractivity contribution in [2.24, 2.45) is 0 Å². The molecule has 0 saturated carbocycles. The zero-order valence-corrected chi connectivity index (χ0v) is 10.9. The maximum atomic E-state index is 5.71. The number of nitrogen functional groups attached to an aromatic ring is 1. The molecule has 0 radical (unpaired) electrons. The van der Waals surface area contributed by atoms with Gasteiger partial charge in [0.25, 0.3) is 0 Å². The molecule has 0 aliphatic carbocycles. The molecule has 1 aromatic heterocycles. The standard InChI is InChI=1S/C15H14N2S/c16-13-6-4-12(5-7-13)11-15-14-3-1-2-8-17(14)9-10-18-15/h1-8,11,16H,9-10H2/p+1. The van der Waals surface area contributed by atoms with E-state index in [2.05, 4.69) is 47.2 Å². The van der Waals surface area contributed by atoms with Gasteiger partial charge in [0.1, 0.15) is 0 Å². The Kier molecular flexibility index (Phi) is 3.07. The Morgan fingerprint density at radius 2 is 1.94 bits per heavy atom. The second-order valence-corrected chi connectivity index (χ2v) is 5.44. The summed E-state index contributed by atoms with van der Waals surface area (Å²) < 4.78 is 2.31. The van der Waals surface area contributed by atoms with Crippen LogP contribution in [0.2, 0.25) is 0 Å². The largest absolute Gasteiger partial charge is 0.399 e. The first-order chi connectivity index (χ1) is 8.83. The van der Waals surface area contributed by atoms with E-state index < -0.39 is 0 Å². The number of benzene rings is 1. The van der Waals surface area contributed by atoms with Crippen LogP contribution in [0.1, 0.15) is 11.3 Å². The van der Waals surface area contributed by atoms with Crippen LogP contribution in [0.15, 0.2) is 48.7 Å². The van der Waals surface area contributed by atoms with Gasteiger partial charge in [-0.25, -0.2) is 0 Å². The minimum Gasteiger partial charge on any atom is -0.399 e. The smallest absolute Gasteiger partial charge is 0.218 e. The van der Waals surface area contributed by atoms with Crippen LogP contribution in [0.5, 0.6) is 0 Å². The van der Waals surface area contributed by atoms with E-state index in [0.717, 1.165) is 18.0 Å². The number of pyridine rings is 1. The predicted molar refractivity (Wildman–Crippen MR) is 77.8 cm³/mol. The summed E-state index contributed by atoms with van der Waals surface area (Å²) in [6.45, 7) is 1.08. The number of fused-ring (bicyclic) bond motifs is 1. The van der Waals surface area contributed by atoms with Gasteiger partial charge in [0.05, 0.1) is 10.7 Å². The SMILES string of the molecule is Nc1ccc(/C=C2\SCC[n+]3ccccc32)cc1. The monoisotopic (exact) mass is 255 g/mol. The third-order valence-electron chi connectivity index (χ3n) is 3.02. The van der Waals surface area contributed by atoms with Crippen molar-refractivity contribution in [1.82, 2.24) is 0 Å². The van der Waals surface area contributed by atoms with Crippen molar-refractivity contribution in [3.8, 4) is 0 Å². The van der Waals surface area contributed by atoms with Crippen LogP contribution in [-0.2, 0) is 6.54 Å². The van der Waals surface area contributed by atoms with Crippen molar-refractivity contribution in [1.29, 1.82) is 0 Å². The van der Waals surface area contributed by atoms with Crippen LogP contribution in [0.3, 0.4) is 0 Å². The average Bonchev–Trinajstić information content (AvgIpc) is 2.42. The Labute approximate surface area is 111 Å². The minimum absolute atomic E-state index is 0.809. The van der Waals surface area contributed by atoms with Crippen molar-refractivity contribution in [2.45, 2.75) is 6.54 Å². The van der Waals surface area contributed by atoms with Gasteiger partial charge in [-0.1, -0.05) is 12.1 Å². The highest BCUT2D eigenvalue weighted by Gasteiger charge is 2.20. The van der Waals surface area contributed by atoms with E-state index in [1.165, 1.54) is 16.2 Å². The molecule has 1 aromatic carbocycles. The summed E-state index contributed by atoms with van der Waals surface area (Å²) in [4.78, 5) is 1.33. The fourth-order valence-electron chi connectivity index (χ4n) is 2.08. The van der Waals surface area contributed by atoms with Crippen LogP contribution < -0.4 is 10.3 Å². The van der Waals surface area contributed by atoms with Crippen LogP contribution in [0.25, 0.3) is 11.0 Å². The first-order valence-corrected chi connectivity index (χ1v) is 7.00. The summed E-state index contributed by atoms with van der Waals surface area (Å²) in [7, 11) is 0. The Hall–Kier alpha value is -1.74. The fourth-order valence-corrected chi connectivity index (χ4v) is 3.14. The first-order valence-electron chi connectivity index (χ1n) is 6.02. The third kappa shape index (κ3) is 2.27. The molecular formula is C15H15N2S+. The normalized spacial score (nSPS) is 16.6. The molecule has 2 N–H and O–H groups in total. The maximum Gasteiger partial charge on any atom is 0.218 e. The Bertz CT molecular complexity index is 588. The molecule has 18 heavy (non-hydrogen) atoms.